The molecule has 13 nitrogen and oxygen atoms in total. The van der Waals surface area contributed by atoms with Gasteiger partial charge < -0.3 is 45.5 Å². The quantitative estimate of drug-likeness (QED) is 0.0923. The Labute approximate surface area is 267 Å². The van der Waals surface area contributed by atoms with E-state index in [1.807, 2.05) is 13.0 Å². The number of carbonyl (C=O) groups is 3. The summed E-state index contributed by atoms with van der Waals surface area (Å²) in [5.74, 6) is -0.532. The smallest absolute Gasteiger partial charge is 0.435 e. The van der Waals surface area contributed by atoms with Crippen molar-refractivity contribution in [3.05, 3.63) is 82.4 Å². The van der Waals surface area contributed by atoms with Gasteiger partial charge in [-0.25, -0.2) is 9.59 Å². The van der Waals surface area contributed by atoms with Gasteiger partial charge in [0.1, 0.15) is 11.9 Å². The van der Waals surface area contributed by atoms with Gasteiger partial charge in [-0.2, -0.15) is 4.99 Å². The maximum absolute atomic E-state index is 13.4. The van der Waals surface area contributed by atoms with Crippen LogP contribution >= 0.6 is 0 Å². The van der Waals surface area contributed by atoms with Crippen LogP contribution in [0.25, 0.3) is 0 Å². The summed E-state index contributed by atoms with van der Waals surface area (Å²) in [5, 5.41) is 25.6. The molecule has 1 atom stereocenters. The van der Waals surface area contributed by atoms with Crippen LogP contribution in [-0.4, -0.2) is 66.5 Å². The lowest BCUT2D eigenvalue weighted by Gasteiger charge is -2.21. The number of nitrogens with zero attached hydrogens (tertiary/aromatic N) is 1. The number of carbonyl (C=O) groups excluding carboxylic acids is 3. The Hall–Kier alpha value is -5.14. The van der Waals surface area contributed by atoms with Crippen LogP contribution in [0.3, 0.4) is 0 Å². The molecule has 2 amide bonds. The molecule has 246 valence electrons. The van der Waals surface area contributed by atoms with E-state index in [4.69, 9.17) is 24.7 Å². The van der Waals surface area contributed by atoms with Crippen molar-refractivity contribution in [1.29, 1.82) is 0 Å². The average Bonchev–Trinajstić information content (AvgIpc) is 3.03. The second kappa shape index (κ2) is 17.4. The zero-order valence-corrected chi connectivity index (χ0v) is 26.3. The van der Waals surface area contributed by atoms with E-state index in [-0.39, 0.29) is 56.9 Å². The normalized spacial score (nSPS) is 11.7. The second-order valence-corrected chi connectivity index (χ2v) is 10.1. The van der Waals surface area contributed by atoms with Gasteiger partial charge in [0.2, 0.25) is 0 Å². The summed E-state index contributed by atoms with van der Waals surface area (Å²) in [5.41, 5.74) is 9.60. The molecule has 46 heavy (non-hydrogen) atoms. The van der Waals surface area contributed by atoms with E-state index in [1.165, 1.54) is 0 Å². The Morgan fingerprint density at radius 3 is 2.35 bits per heavy atom. The van der Waals surface area contributed by atoms with Gasteiger partial charge in [0.25, 0.3) is 5.91 Å². The fraction of sp³-hybridized carbons (Fsp3) is 0.333. The van der Waals surface area contributed by atoms with E-state index in [9.17, 15) is 24.6 Å². The first-order valence-corrected chi connectivity index (χ1v) is 14.7. The minimum Gasteiger partial charge on any atom is -0.484 e. The van der Waals surface area contributed by atoms with E-state index < -0.39 is 24.1 Å². The van der Waals surface area contributed by atoms with Gasteiger partial charge in [0, 0.05) is 29.0 Å². The maximum atomic E-state index is 13.4. The van der Waals surface area contributed by atoms with E-state index in [0.29, 0.717) is 33.6 Å². The Morgan fingerprint density at radius 2 is 1.70 bits per heavy atom. The number of rotatable bonds is 15. The Balaban J connectivity index is 1.86. The van der Waals surface area contributed by atoms with Gasteiger partial charge in [-0.3, -0.25) is 4.79 Å². The zero-order chi connectivity index (χ0) is 33.6. The summed E-state index contributed by atoms with van der Waals surface area (Å²) in [6.07, 6.45) is -1.39. The van der Waals surface area contributed by atoms with Crippen molar-refractivity contribution < 1.29 is 43.5 Å². The predicted molar refractivity (Wildman–Crippen MR) is 172 cm³/mol. The number of aliphatic hydroxyl groups excluding tert-OH is 2. The van der Waals surface area contributed by atoms with Crippen molar-refractivity contribution in [3.63, 3.8) is 0 Å². The van der Waals surface area contributed by atoms with Crippen molar-refractivity contribution in [2.24, 2.45) is 10.7 Å². The lowest BCUT2D eigenvalue weighted by molar-refractivity contribution is -0.145. The third-order valence-corrected chi connectivity index (χ3v) is 6.41. The highest BCUT2D eigenvalue weighted by atomic mass is 16.6. The van der Waals surface area contributed by atoms with Gasteiger partial charge in [-0.15, -0.1) is 0 Å². The highest BCUT2D eigenvalue weighted by molar-refractivity contribution is 6.08. The molecule has 6 N–H and O–H groups in total. The molecular formula is C33H40N4O9. The van der Waals surface area contributed by atoms with E-state index in [2.05, 4.69) is 15.6 Å². The number of hydrogen-bond donors (Lipinski definition) is 5. The first-order chi connectivity index (χ1) is 22.1. The largest absolute Gasteiger partial charge is 0.484 e. The minimum absolute atomic E-state index is 0.0169. The molecule has 0 aliphatic rings. The maximum Gasteiger partial charge on any atom is 0.435 e. The molecule has 0 bridgehead atoms. The molecule has 1 unspecified atom stereocenters. The summed E-state index contributed by atoms with van der Waals surface area (Å²) in [6.45, 7) is 6.39. The molecule has 0 saturated carbocycles. The third kappa shape index (κ3) is 10.2. The first kappa shape index (κ1) is 35.3. The number of aliphatic imine (C=N–C) groups is 1. The number of amidine groups is 1. The molecule has 0 fully saturated rings. The number of nitrogens with two attached hydrogens (primary N) is 1. The van der Waals surface area contributed by atoms with E-state index >= 15 is 0 Å². The third-order valence-electron chi connectivity index (χ3n) is 6.41. The zero-order valence-electron chi connectivity index (χ0n) is 26.3. The standard InChI is InChI=1S/C33H40N4O9/c1-5-43-29(40)19-45-30-24(14-22(18-39)15-28(30)46-21(4)17-38)16-35-27-12-7-20(3)13-26(27)32(41)36-25-10-8-23(9-11-25)31(34)37-33(42)44-6-2/h7-15,21,35,38-39H,5-6,16-19H2,1-4H3,(H,36,41)(H2,34,37,42). The summed E-state index contributed by atoms with van der Waals surface area (Å²) >= 11 is 0. The van der Waals surface area contributed by atoms with Crippen LogP contribution in [-0.2, 0) is 27.4 Å². The van der Waals surface area contributed by atoms with Crippen LogP contribution in [0.4, 0.5) is 16.2 Å². The molecular weight excluding hydrogens is 596 g/mol. The predicted octanol–water partition coefficient (Wildman–Crippen LogP) is 3.92. The Bertz CT molecular complexity index is 1540. The minimum atomic E-state index is -0.791. The number of amides is 2. The van der Waals surface area contributed by atoms with Crippen molar-refractivity contribution in [3.8, 4) is 11.5 Å². The molecule has 0 aliphatic heterocycles. The molecule has 0 heterocycles. The number of anilines is 2. The number of aliphatic hydroxyl groups is 2. The van der Waals surface area contributed by atoms with Crippen LogP contribution < -0.4 is 25.8 Å². The van der Waals surface area contributed by atoms with Crippen LogP contribution in [0.5, 0.6) is 11.5 Å². The molecule has 0 spiro atoms. The van der Waals surface area contributed by atoms with Crippen molar-refractivity contribution >= 4 is 35.2 Å². The molecule has 0 saturated heterocycles. The van der Waals surface area contributed by atoms with Crippen LogP contribution in [0.15, 0.2) is 59.6 Å². The molecule has 3 aromatic rings. The van der Waals surface area contributed by atoms with Crippen molar-refractivity contribution in [1.82, 2.24) is 0 Å². The highest BCUT2D eigenvalue weighted by Crippen LogP contribution is 2.35. The summed E-state index contributed by atoms with van der Waals surface area (Å²) in [4.78, 5) is 40.8. The summed E-state index contributed by atoms with van der Waals surface area (Å²) in [7, 11) is 0. The number of esters is 1. The summed E-state index contributed by atoms with van der Waals surface area (Å²) in [6, 6.07) is 15.1. The van der Waals surface area contributed by atoms with Gasteiger partial charge in [0.15, 0.2) is 18.1 Å². The molecule has 3 aromatic carbocycles. The van der Waals surface area contributed by atoms with Gasteiger partial charge in [-0.1, -0.05) is 11.6 Å². The SMILES string of the molecule is CCOC(=O)COc1c(CNc2ccc(C)cc2C(=O)Nc2ccc(/C(N)=N/C(=O)OCC)cc2)cc(CO)cc1OC(C)CO. The van der Waals surface area contributed by atoms with E-state index in [0.717, 1.165) is 5.56 Å². The number of nitrogens with one attached hydrogen (secondary N) is 2. The Kier molecular flexibility index (Phi) is 13.3. The molecule has 0 aliphatic carbocycles. The van der Waals surface area contributed by atoms with Gasteiger partial charge >= 0.3 is 12.1 Å². The van der Waals surface area contributed by atoms with Crippen LogP contribution in [0, 0.1) is 6.92 Å². The molecule has 0 radical (unpaired) electrons. The second-order valence-electron chi connectivity index (χ2n) is 10.1. The van der Waals surface area contributed by atoms with E-state index in [1.54, 1.807) is 69.3 Å². The number of ether oxygens (including phenoxy) is 4. The fourth-order valence-corrected chi connectivity index (χ4v) is 4.22. The first-order valence-electron chi connectivity index (χ1n) is 14.7. The molecule has 0 aromatic heterocycles. The van der Waals surface area contributed by atoms with Crippen LogP contribution in [0.1, 0.15) is 53.4 Å². The van der Waals surface area contributed by atoms with Gasteiger partial charge in [-0.05, 0) is 81.8 Å². The highest BCUT2D eigenvalue weighted by Gasteiger charge is 2.19. The van der Waals surface area contributed by atoms with Crippen molar-refractivity contribution in [2.75, 3.05) is 37.1 Å². The Morgan fingerprint density at radius 1 is 0.978 bits per heavy atom. The average molecular weight is 637 g/mol. The lowest BCUT2D eigenvalue weighted by Crippen LogP contribution is -2.20. The number of hydrogen-bond acceptors (Lipinski definition) is 10. The van der Waals surface area contributed by atoms with Crippen LogP contribution in [0.2, 0.25) is 0 Å². The van der Waals surface area contributed by atoms with Crippen molar-refractivity contribution in [2.45, 2.75) is 47.0 Å². The number of aryl methyl sites for hydroxylation is 1. The van der Waals surface area contributed by atoms with Gasteiger partial charge in [0.05, 0.1) is 32.0 Å². The molecule has 3 rings (SSSR count). The number of benzene rings is 3. The topological polar surface area (TPSA) is 191 Å². The monoisotopic (exact) mass is 636 g/mol. The molecule has 13 heteroatoms. The lowest BCUT2D eigenvalue weighted by atomic mass is 10.1. The summed E-state index contributed by atoms with van der Waals surface area (Å²) < 4.78 is 21.4. The fourth-order valence-electron chi connectivity index (χ4n) is 4.22.